The molecule has 0 aliphatic carbocycles. The van der Waals surface area contributed by atoms with Crippen LogP contribution in [-0.4, -0.2) is 38.3 Å². The Morgan fingerprint density at radius 1 is 1.37 bits per heavy atom. The number of amides is 1. The van der Waals surface area contributed by atoms with Crippen LogP contribution in [0.5, 0.6) is 0 Å². The Hall–Kier alpha value is -0.610. The van der Waals surface area contributed by atoms with Gasteiger partial charge >= 0.3 is 0 Å². The predicted molar refractivity (Wildman–Crippen MR) is 78.2 cm³/mol. The molecule has 2 N–H and O–H groups in total. The lowest BCUT2D eigenvalue weighted by atomic mass is 9.90. The van der Waals surface area contributed by atoms with E-state index in [2.05, 4.69) is 24.5 Å². The Kier molecular flexibility index (Phi) is 7.39. The van der Waals surface area contributed by atoms with Crippen LogP contribution in [0.2, 0.25) is 0 Å². The standard InChI is InChI=1S/C15H30N2O2/c1-4-6-7-13(5-2)12-17-14(18)15(19-3)8-10-16-11-9-15/h13,16H,4-12H2,1-3H3,(H,17,18). The van der Waals surface area contributed by atoms with Crippen LogP contribution < -0.4 is 10.6 Å². The van der Waals surface area contributed by atoms with Crippen LogP contribution in [0.4, 0.5) is 0 Å². The van der Waals surface area contributed by atoms with Crippen LogP contribution in [0.25, 0.3) is 0 Å². The summed E-state index contributed by atoms with van der Waals surface area (Å²) >= 11 is 0. The molecule has 1 fully saturated rings. The van der Waals surface area contributed by atoms with Crippen molar-refractivity contribution in [3.63, 3.8) is 0 Å². The Labute approximate surface area is 117 Å². The molecule has 112 valence electrons. The molecule has 1 aliphatic rings. The van der Waals surface area contributed by atoms with Crippen molar-refractivity contribution in [1.82, 2.24) is 10.6 Å². The van der Waals surface area contributed by atoms with E-state index in [0.29, 0.717) is 5.92 Å². The largest absolute Gasteiger partial charge is 0.368 e. The van der Waals surface area contributed by atoms with Crippen LogP contribution in [0, 0.1) is 5.92 Å². The third kappa shape index (κ3) is 4.77. The number of piperidine rings is 1. The summed E-state index contributed by atoms with van der Waals surface area (Å²) in [5.41, 5.74) is -0.603. The monoisotopic (exact) mass is 270 g/mol. The third-order valence-corrected chi connectivity index (χ3v) is 4.31. The summed E-state index contributed by atoms with van der Waals surface area (Å²) in [6.07, 6.45) is 6.32. The Morgan fingerprint density at radius 3 is 2.58 bits per heavy atom. The summed E-state index contributed by atoms with van der Waals surface area (Å²) in [4.78, 5) is 12.4. The van der Waals surface area contributed by atoms with Crippen LogP contribution in [0.3, 0.4) is 0 Å². The average molecular weight is 270 g/mol. The van der Waals surface area contributed by atoms with E-state index in [1.165, 1.54) is 19.3 Å². The summed E-state index contributed by atoms with van der Waals surface area (Å²) in [5.74, 6) is 0.672. The summed E-state index contributed by atoms with van der Waals surface area (Å²) in [6, 6.07) is 0. The molecule has 1 aliphatic heterocycles. The maximum atomic E-state index is 12.4. The number of methoxy groups -OCH3 is 1. The minimum absolute atomic E-state index is 0.0754. The van der Waals surface area contributed by atoms with Crippen LogP contribution in [0.15, 0.2) is 0 Å². The molecule has 4 nitrogen and oxygen atoms in total. The van der Waals surface area contributed by atoms with E-state index in [0.717, 1.165) is 38.9 Å². The molecule has 0 spiro atoms. The second kappa shape index (κ2) is 8.54. The van der Waals surface area contributed by atoms with E-state index in [1.807, 2.05) is 0 Å². The van der Waals surface area contributed by atoms with Gasteiger partial charge in [0.05, 0.1) is 0 Å². The second-order valence-electron chi connectivity index (χ2n) is 5.57. The van der Waals surface area contributed by atoms with Gasteiger partial charge in [0.2, 0.25) is 0 Å². The zero-order valence-electron chi connectivity index (χ0n) is 12.8. The van der Waals surface area contributed by atoms with Crippen molar-refractivity contribution in [2.45, 2.75) is 58.0 Å². The molecule has 0 aromatic carbocycles. The molecule has 1 atom stereocenters. The number of rotatable bonds is 8. The number of carbonyl (C=O) groups excluding carboxylic acids is 1. The Morgan fingerprint density at radius 2 is 2.05 bits per heavy atom. The molecular weight excluding hydrogens is 240 g/mol. The molecule has 0 saturated carbocycles. The number of hydrogen-bond donors (Lipinski definition) is 2. The van der Waals surface area contributed by atoms with Gasteiger partial charge in [-0.3, -0.25) is 4.79 Å². The highest BCUT2D eigenvalue weighted by Crippen LogP contribution is 2.23. The third-order valence-electron chi connectivity index (χ3n) is 4.31. The minimum atomic E-state index is -0.603. The summed E-state index contributed by atoms with van der Waals surface area (Å²) < 4.78 is 5.54. The lowest BCUT2D eigenvalue weighted by Crippen LogP contribution is -2.54. The van der Waals surface area contributed by atoms with Crippen molar-refractivity contribution in [3.05, 3.63) is 0 Å². The smallest absolute Gasteiger partial charge is 0.252 e. The van der Waals surface area contributed by atoms with Gasteiger partial charge in [0, 0.05) is 13.7 Å². The van der Waals surface area contributed by atoms with Crippen LogP contribution in [0.1, 0.15) is 52.4 Å². The Balaban J connectivity index is 2.43. The molecule has 1 saturated heterocycles. The number of carbonyl (C=O) groups is 1. The molecule has 0 aromatic heterocycles. The summed E-state index contributed by atoms with van der Waals surface area (Å²) in [6.45, 7) is 6.90. The van der Waals surface area contributed by atoms with Crippen molar-refractivity contribution >= 4 is 5.91 Å². The van der Waals surface area contributed by atoms with Gasteiger partial charge in [-0.1, -0.05) is 33.1 Å². The number of hydrogen-bond acceptors (Lipinski definition) is 3. The molecule has 1 heterocycles. The SMILES string of the molecule is CCCCC(CC)CNC(=O)C1(OC)CCNCC1. The average Bonchev–Trinajstić information content (AvgIpc) is 2.47. The minimum Gasteiger partial charge on any atom is -0.368 e. The predicted octanol–water partition coefficient (Wildman–Crippen LogP) is 2.09. The van der Waals surface area contributed by atoms with Crippen molar-refractivity contribution in [1.29, 1.82) is 0 Å². The zero-order valence-corrected chi connectivity index (χ0v) is 12.8. The highest BCUT2D eigenvalue weighted by molar-refractivity contribution is 5.85. The van der Waals surface area contributed by atoms with Crippen LogP contribution in [-0.2, 0) is 9.53 Å². The van der Waals surface area contributed by atoms with Crippen LogP contribution >= 0.6 is 0 Å². The number of ether oxygens (including phenoxy) is 1. The normalized spacial score (nSPS) is 19.9. The fraction of sp³-hybridized carbons (Fsp3) is 0.933. The lowest BCUT2D eigenvalue weighted by Gasteiger charge is -2.35. The zero-order chi connectivity index (χ0) is 14.1. The van der Waals surface area contributed by atoms with Crippen molar-refractivity contribution in [2.24, 2.45) is 5.92 Å². The second-order valence-corrected chi connectivity index (χ2v) is 5.57. The van der Waals surface area contributed by atoms with Gasteiger partial charge in [0.15, 0.2) is 0 Å². The van der Waals surface area contributed by atoms with Gasteiger partial charge in [-0.2, -0.15) is 0 Å². The topological polar surface area (TPSA) is 50.4 Å². The first-order valence-corrected chi connectivity index (χ1v) is 7.72. The highest BCUT2D eigenvalue weighted by Gasteiger charge is 2.39. The van der Waals surface area contributed by atoms with E-state index in [9.17, 15) is 4.79 Å². The maximum Gasteiger partial charge on any atom is 0.252 e. The van der Waals surface area contributed by atoms with Gasteiger partial charge in [0.25, 0.3) is 5.91 Å². The molecule has 0 bridgehead atoms. The molecule has 0 radical (unpaired) electrons. The van der Waals surface area contributed by atoms with Gasteiger partial charge in [-0.25, -0.2) is 0 Å². The molecule has 19 heavy (non-hydrogen) atoms. The van der Waals surface area contributed by atoms with Crippen molar-refractivity contribution in [2.75, 3.05) is 26.7 Å². The maximum absolute atomic E-state index is 12.4. The van der Waals surface area contributed by atoms with E-state index in [4.69, 9.17) is 4.74 Å². The first-order valence-electron chi connectivity index (χ1n) is 7.72. The molecular formula is C15H30N2O2. The van der Waals surface area contributed by atoms with E-state index in [1.54, 1.807) is 7.11 Å². The summed E-state index contributed by atoms with van der Waals surface area (Å²) in [7, 11) is 1.65. The van der Waals surface area contributed by atoms with Crippen molar-refractivity contribution in [3.8, 4) is 0 Å². The first-order chi connectivity index (χ1) is 9.18. The number of unbranched alkanes of at least 4 members (excludes halogenated alkanes) is 1. The quantitative estimate of drug-likeness (QED) is 0.710. The van der Waals surface area contributed by atoms with Gasteiger partial charge in [0.1, 0.15) is 5.60 Å². The van der Waals surface area contributed by atoms with Crippen molar-refractivity contribution < 1.29 is 9.53 Å². The Bertz CT molecular complexity index is 263. The molecule has 1 amide bonds. The fourth-order valence-corrected chi connectivity index (χ4v) is 2.70. The van der Waals surface area contributed by atoms with E-state index in [-0.39, 0.29) is 5.91 Å². The molecule has 1 unspecified atom stereocenters. The van der Waals surface area contributed by atoms with Gasteiger partial charge in [-0.15, -0.1) is 0 Å². The van der Waals surface area contributed by atoms with E-state index >= 15 is 0 Å². The molecule has 1 rings (SSSR count). The highest BCUT2D eigenvalue weighted by atomic mass is 16.5. The van der Waals surface area contributed by atoms with Gasteiger partial charge < -0.3 is 15.4 Å². The lowest BCUT2D eigenvalue weighted by molar-refractivity contribution is -0.146. The van der Waals surface area contributed by atoms with Gasteiger partial charge in [-0.05, 0) is 38.3 Å². The molecule has 4 heteroatoms. The number of nitrogens with one attached hydrogen (secondary N) is 2. The molecule has 0 aromatic rings. The van der Waals surface area contributed by atoms with E-state index < -0.39 is 5.60 Å². The summed E-state index contributed by atoms with van der Waals surface area (Å²) in [5, 5.41) is 6.38. The first kappa shape index (κ1) is 16.4. The fourth-order valence-electron chi connectivity index (χ4n) is 2.70.